The summed E-state index contributed by atoms with van der Waals surface area (Å²) in [6.07, 6.45) is 3.04. The van der Waals surface area contributed by atoms with Crippen LogP contribution in [0.15, 0.2) is 6.33 Å². The minimum Gasteiger partial charge on any atom is -0.320 e. The molecule has 1 aromatic heterocycles. The van der Waals surface area contributed by atoms with Crippen molar-refractivity contribution in [3.63, 3.8) is 0 Å². The molecule has 15 heavy (non-hydrogen) atoms. The predicted octanol–water partition coefficient (Wildman–Crippen LogP) is -0.144. The lowest BCUT2D eigenvalue weighted by atomic mass is 10.1. The third kappa shape index (κ3) is 2.76. The monoisotopic (exact) mass is 209 g/mol. The zero-order valence-corrected chi connectivity index (χ0v) is 9.48. The molecule has 0 aromatic carbocycles. The van der Waals surface area contributed by atoms with Crippen LogP contribution >= 0.6 is 0 Å². The molecule has 0 bridgehead atoms. The summed E-state index contributed by atoms with van der Waals surface area (Å²) in [4.78, 5) is 2.38. The van der Waals surface area contributed by atoms with Crippen LogP contribution in [0.1, 0.15) is 12.2 Å². The van der Waals surface area contributed by atoms with Gasteiger partial charge in [-0.2, -0.15) is 0 Å². The average Bonchev–Trinajstić information content (AvgIpc) is 2.77. The Morgan fingerprint density at radius 2 is 2.40 bits per heavy atom. The summed E-state index contributed by atoms with van der Waals surface area (Å²) in [5.41, 5.74) is 0. The number of nitrogens with one attached hydrogen (secondary N) is 1. The number of nitrogens with zero attached hydrogens (tertiary/aromatic N) is 4. The fourth-order valence-electron chi connectivity index (χ4n) is 2.05. The van der Waals surface area contributed by atoms with Crippen LogP contribution < -0.4 is 5.32 Å². The Bertz CT molecular complexity index is 309. The molecule has 2 heterocycles. The topological polar surface area (TPSA) is 46.0 Å². The van der Waals surface area contributed by atoms with Gasteiger partial charge in [-0.1, -0.05) is 0 Å². The molecule has 5 heteroatoms. The van der Waals surface area contributed by atoms with Crippen molar-refractivity contribution in [2.75, 3.05) is 26.7 Å². The van der Waals surface area contributed by atoms with Crippen LogP contribution in [0.25, 0.3) is 0 Å². The van der Waals surface area contributed by atoms with Gasteiger partial charge in [-0.15, -0.1) is 10.2 Å². The Hall–Kier alpha value is -0.940. The highest BCUT2D eigenvalue weighted by molar-refractivity contribution is 4.84. The van der Waals surface area contributed by atoms with Gasteiger partial charge >= 0.3 is 0 Å². The smallest absolute Gasteiger partial charge is 0.146 e. The van der Waals surface area contributed by atoms with E-state index in [4.69, 9.17) is 0 Å². The summed E-state index contributed by atoms with van der Waals surface area (Å²) in [5, 5.41) is 11.3. The first-order valence-corrected chi connectivity index (χ1v) is 5.48. The van der Waals surface area contributed by atoms with Crippen molar-refractivity contribution in [2.45, 2.75) is 13.0 Å². The van der Waals surface area contributed by atoms with E-state index in [1.807, 2.05) is 11.6 Å². The molecule has 1 aromatic rings. The summed E-state index contributed by atoms with van der Waals surface area (Å²) >= 11 is 0. The van der Waals surface area contributed by atoms with Gasteiger partial charge in [0.05, 0.1) is 6.54 Å². The first kappa shape index (κ1) is 10.6. The quantitative estimate of drug-likeness (QED) is 0.749. The lowest BCUT2D eigenvalue weighted by molar-refractivity contribution is 0.387. The van der Waals surface area contributed by atoms with E-state index < -0.39 is 0 Å². The van der Waals surface area contributed by atoms with E-state index in [0.717, 1.165) is 24.8 Å². The fourth-order valence-corrected chi connectivity index (χ4v) is 2.05. The minimum absolute atomic E-state index is 0.795. The van der Waals surface area contributed by atoms with E-state index in [1.54, 1.807) is 6.33 Å². The van der Waals surface area contributed by atoms with Gasteiger partial charge in [0.2, 0.25) is 0 Å². The zero-order valence-electron chi connectivity index (χ0n) is 9.48. The number of hydrogen-bond donors (Lipinski definition) is 1. The second-order valence-electron chi connectivity index (χ2n) is 4.41. The van der Waals surface area contributed by atoms with Crippen LogP contribution in [-0.2, 0) is 13.6 Å². The third-order valence-corrected chi connectivity index (χ3v) is 3.01. The highest BCUT2D eigenvalue weighted by Crippen LogP contribution is 2.12. The number of aromatic nitrogens is 3. The maximum Gasteiger partial charge on any atom is 0.146 e. The number of hydrogen-bond acceptors (Lipinski definition) is 4. The number of likely N-dealkylation sites (tertiary alicyclic amines) is 1. The van der Waals surface area contributed by atoms with Crippen molar-refractivity contribution in [1.82, 2.24) is 25.0 Å². The molecule has 0 spiro atoms. The Morgan fingerprint density at radius 3 is 3.00 bits per heavy atom. The molecule has 1 unspecified atom stereocenters. The molecule has 84 valence electrons. The Balaban J connectivity index is 1.69. The summed E-state index contributed by atoms with van der Waals surface area (Å²) in [7, 11) is 4.16. The zero-order chi connectivity index (χ0) is 10.7. The molecule has 1 atom stereocenters. The molecule has 0 saturated carbocycles. The van der Waals surface area contributed by atoms with Gasteiger partial charge in [0.1, 0.15) is 12.2 Å². The van der Waals surface area contributed by atoms with Gasteiger partial charge in [0.25, 0.3) is 0 Å². The fraction of sp³-hybridized carbons (Fsp3) is 0.800. The van der Waals surface area contributed by atoms with E-state index >= 15 is 0 Å². The average molecular weight is 209 g/mol. The maximum absolute atomic E-state index is 4.03. The third-order valence-electron chi connectivity index (χ3n) is 3.01. The van der Waals surface area contributed by atoms with Crippen LogP contribution in [0.5, 0.6) is 0 Å². The van der Waals surface area contributed by atoms with Gasteiger partial charge in [-0.25, -0.2) is 0 Å². The lowest BCUT2D eigenvalue weighted by Crippen LogP contribution is -2.25. The summed E-state index contributed by atoms with van der Waals surface area (Å²) in [6, 6.07) is 0. The van der Waals surface area contributed by atoms with Crippen LogP contribution in [0.4, 0.5) is 0 Å². The molecule has 5 nitrogen and oxygen atoms in total. The van der Waals surface area contributed by atoms with Crippen molar-refractivity contribution in [3.05, 3.63) is 12.2 Å². The van der Waals surface area contributed by atoms with E-state index in [9.17, 15) is 0 Å². The van der Waals surface area contributed by atoms with Gasteiger partial charge in [-0.3, -0.25) is 0 Å². The molecule has 1 fully saturated rings. The molecule has 1 N–H and O–H groups in total. The standard InChI is InChI=1S/C10H19N5/c1-14-4-3-9(7-14)5-11-6-10-13-12-8-15(10)2/h8-9,11H,3-7H2,1-2H3. The molecule has 0 radical (unpaired) electrons. The molecule has 1 aliphatic heterocycles. The second kappa shape index (κ2) is 4.72. The SMILES string of the molecule is CN1CCC(CNCc2nncn2C)C1. The highest BCUT2D eigenvalue weighted by atomic mass is 15.3. The molecule has 2 rings (SSSR count). The summed E-state index contributed by atoms with van der Waals surface area (Å²) in [5.74, 6) is 1.80. The number of rotatable bonds is 4. The van der Waals surface area contributed by atoms with Crippen LogP contribution in [-0.4, -0.2) is 46.3 Å². The second-order valence-corrected chi connectivity index (χ2v) is 4.41. The first-order valence-electron chi connectivity index (χ1n) is 5.48. The van der Waals surface area contributed by atoms with Crippen molar-refractivity contribution in [1.29, 1.82) is 0 Å². The van der Waals surface area contributed by atoms with Crippen molar-refractivity contribution in [3.8, 4) is 0 Å². The normalized spacial score (nSPS) is 22.4. The minimum atomic E-state index is 0.795. The molecular weight excluding hydrogens is 190 g/mol. The molecule has 1 saturated heterocycles. The van der Waals surface area contributed by atoms with Crippen LogP contribution in [0, 0.1) is 5.92 Å². The van der Waals surface area contributed by atoms with Crippen molar-refractivity contribution >= 4 is 0 Å². The predicted molar refractivity (Wildman–Crippen MR) is 58.3 cm³/mol. The van der Waals surface area contributed by atoms with E-state index in [-0.39, 0.29) is 0 Å². The lowest BCUT2D eigenvalue weighted by Gasteiger charge is -2.11. The van der Waals surface area contributed by atoms with Gasteiger partial charge in [0.15, 0.2) is 0 Å². The largest absolute Gasteiger partial charge is 0.320 e. The van der Waals surface area contributed by atoms with Gasteiger partial charge in [0, 0.05) is 13.6 Å². The van der Waals surface area contributed by atoms with E-state index in [1.165, 1.54) is 19.5 Å². The molecule has 0 amide bonds. The Morgan fingerprint density at radius 1 is 1.53 bits per heavy atom. The first-order chi connectivity index (χ1) is 7.25. The van der Waals surface area contributed by atoms with Crippen molar-refractivity contribution < 1.29 is 0 Å². The molecular formula is C10H19N5. The summed E-state index contributed by atoms with van der Waals surface area (Å²) < 4.78 is 1.95. The number of aryl methyl sites for hydroxylation is 1. The van der Waals surface area contributed by atoms with E-state index in [2.05, 4.69) is 27.5 Å². The van der Waals surface area contributed by atoms with Crippen LogP contribution in [0.3, 0.4) is 0 Å². The van der Waals surface area contributed by atoms with Gasteiger partial charge in [-0.05, 0) is 32.5 Å². The van der Waals surface area contributed by atoms with Gasteiger partial charge < -0.3 is 14.8 Å². The maximum atomic E-state index is 4.03. The van der Waals surface area contributed by atoms with Crippen molar-refractivity contribution in [2.24, 2.45) is 13.0 Å². The van der Waals surface area contributed by atoms with Crippen LogP contribution in [0.2, 0.25) is 0 Å². The Kier molecular flexibility index (Phi) is 3.33. The Labute approximate surface area is 90.5 Å². The highest BCUT2D eigenvalue weighted by Gasteiger charge is 2.18. The van der Waals surface area contributed by atoms with E-state index in [0.29, 0.717) is 0 Å². The summed E-state index contributed by atoms with van der Waals surface area (Å²) in [6.45, 7) is 4.34. The molecule has 1 aliphatic rings. The molecule has 0 aliphatic carbocycles.